The van der Waals surface area contributed by atoms with Gasteiger partial charge in [0.15, 0.2) is 0 Å². The van der Waals surface area contributed by atoms with Crippen molar-refractivity contribution in [2.24, 2.45) is 5.73 Å². The minimum absolute atomic E-state index is 0.489. The zero-order valence-corrected chi connectivity index (χ0v) is 10.8. The Balaban J connectivity index is 1.95. The van der Waals surface area contributed by atoms with Gasteiger partial charge in [0, 0.05) is 13.2 Å². The number of hydrogen-bond acceptors (Lipinski definition) is 3. The summed E-state index contributed by atoms with van der Waals surface area (Å²) >= 11 is 0. The van der Waals surface area contributed by atoms with E-state index < -0.39 is 0 Å². The first-order chi connectivity index (χ1) is 7.83. The van der Waals surface area contributed by atoms with Crippen molar-refractivity contribution in [1.29, 1.82) is 0 Å². The van der Waals surface area contributed by atoms with E-state index in [1.54, 1.807) is 0 Å². The third-order valence-electron chi connectivity index (χ3n) is 3.28. The molecule has 2 N–H and O–H groups in total. The fourth-order valence-corrected chi connectivity index (χ4v) is 2.27. The number of hydrogen-bond donors (Lipinski definition) is 1. The maximum Gasteiger partial charge on any atom is 0.0701 e. The molecular weight excluding hydrogens is 200 g/mol. The average molecular weight is 228 g/mol. The van der Waals surface area contributed by atoms with E-state index in [-0.39, 0.29) is 0 Å². The topological polar surface area (TPSA) is 38.5 Å². The maximum atomic E-state index is 5.74. The van der Waals surface area contributed by atoms with Gasteiger partial charge < -0.3 is 15.4 Å². The molecule has 1 unspecified atom stereocenters. The van der Waals surface area contributed by atoms with E-state index in [9.17, 15) is 0 Å². The van der Waals surface area contributed by atoms with E-state index in [0.717, 1.165) is 19.7 Å². The molecule has 0 aliphatic carbocycles. The van der Waals surface area contributed by atoms with E-state index in [4.69, 9.17) is 10.5 Å². The highest BCUT2D eigenvalue weighted by Crippen LogP contribution is 2.13. The van der Waals surface area contributed by atoms with Gasteiger partial charge in [0.2, 0.25) is 0 Å². The van der Waals surface area contributed by atoms with Crippen molar-refractivity contribution in [2.75, 3.05) is 33.3 Å². The highest BCUT2D eigenvalue weighted by atomic mass is 16.5. The summed E-state index contributed by atoms with van der Waals surface area (Å²) in [5.41, 5.74) is 5.47. The van der Waals surface area contributed by atoms with Crippen LogP contribution in [0.15, 0.2) is 0 Å². The summed E-state index contributed by atoms with van der Waals surface area (Å²) in [6.07, 6.45) is 9.39. The Bertz CT molecular complexity index is 158. The van der Waals surface area contributed by atoms with Crippen LogP contribution < -0.4 is 5.73 Å². The Morgan fingerprint density at radius 3 is 2.69 bits per heavy atom. The number of ether oxygens (including phenoxy) is 1. The third-order valence-corrected chi connectivity index (χ3v) is 3.28. The maximum absolute atomic E-state index is 5.74. The smallest absolute Gasteiger partial charge is 0.0701 e. The van der Waals surface area contributed by atoms with Crippen molar-refractivity contribution in [1.82, 2.24) is 4.90 Å². The summed E-state index contributed by atoms with van der Waals surface area (Å²) in [6.45, 7) is 4.11. The molecule has 0 bridgehead atoms. The SMILES string of the molecule is CN(CCCCCCN)CC1CCCCO1. The van der Waals surface area contributed by atoms with Crippen LogP contribution in [0.3, 0.4) is 0 Å². The summed E-state index contributed by atoms with van der Waals surface area (Å²) in [7, 11) is 2.21. The average Bonchev–Trinajstić information content (AvgIpc) is 2.30. The van der Waals surface area contributed by atoms with E-state index in [1.807, 2.05) is 0 Å². The lowest BCUT2D eigenvalue weighted by molar-refractivity contribution is -0.00160. The molecule has 1 saturated heterocycles. The molecule has 1 heterocycles. The second-order valence-corrected chi connectivity index (χ2v) is 4.95. The number of unbranched alkanes of at least 4 members (excludes halogenated alkanes) is 3. The van der Waals surface area contributed by atoms with Crippen LogP contribution in [0.4, 0.5) is 0 Å². The van der Waals surface area contributed by atoms with Gasteiger partial charge in [-0.3, -0.25) is 0 Å². The van der Waals surface area contributed by atoms with E-state index in [1.165, 1.54) is 51.5 Å². The summed E-state index contributed by atoms with van der Waals surface area (Å²) < 4.78 is 5.74. The van der Waals surface area contributed by atoms with Crippen LogP contribution in [0.25, 0.3) is 0 Å². The van der Waals surface area contributed by atoms with Crippen molar-refractivity contribution in [2.45, 2.75) is 51.0 Å². The summed E-state index contributed by atoms with van der Waals surface area (Å²) in [4.78, 5) is 2.42. The van der Waals surface area contributed by atoms with Crippen LogP contribution >= 0.6 is 0 Å². The highest BCUT2D eigenvalue weighted by Gasteiger charge is 2.15. The van der Waals surface area contributed by atoms with Crippen molar-refractivity contribution < 1.29 is 4.74 Å². The molecule has 3 nitrogen and oxygen atoms in total. The lowest BCUT2D eigenvalue weighted by atomic mass is 10.1. The van der Waals surface area contributed by atoms with Gasteiger partial charge >= 0.3 is 0 Å². The van der Waals surface area contributed by atoms with Gasteiger partial charge in [0.05, 0.1) is 6.10 Å². The number of nitrogens with zero attached hydrogens (tertiary/aromatic N) is 1. The summed E-state index contributed by atoms with van der Waals surface area (Å²) in [5, 5.41) is 0. The van der Waals surface area contributed by atoms with E-state index in [2.05, 4.69) is 11.9 Å². The molecule has 0 amide bonds. The summed E-state index contributed by atoms with van der Waals surface area (Å²) in [6, 6.07) is 0. The Hall–Kier alpha value is -0.120. The molecule has 3 heteroatoms. The molecule has 0 aromatic rings. The van der Waals surface area contributed by atoms with Crippen LogP contribution in [-0.2, 0) is 4.74 Å². The minimum atomic E-state index is 0.489. The van der Waals surface area contributed by atoms with Gasteiger partial charge in [-0.2, -0.15) is 0 Å². The number of nitrogens with two attached hydrogens (primary N) is 1. The fraction of sp³-hybridized carbons (Fsp3) is 1.00. The third kappa shape index (κ3) is 6.46. The van der Waals surface area contributed by atoms with E-state index in [0.29, 0.717) is 6.10 Å². The molecule has 1 atom stereocenters. The molecule has 1 aliphatic heterocycles. The molecule has 1 rings (SSSR count). The molecule has 96 valence electrons. The number of rotatable bonds is 8. The van der Waals surface area contributed by atoms with Crippen LogP contribution in [0.2, 0.25) is 0 Å². The molecule has 0 radical (unpaired) electrons. The van der Waals surface area contributed by atoms with Gasteiger partial charge in [-0.05, 0) is 52.2 Å². The van der Waals surface area contributed by atoms with Crippen LogP contribution in [0, 0.1) is 0 Å². The summed E-state index contributed by atoms with van der Waals surface area (Å²) in [5.74, 6) is 0. The minimum Gasteiger partial charge on any atom is -0.377 e. The molecule has 1 aliphatic rings. The Kier molecular flexibility index (Phi) is 7.81. The first-order valence-electron chi connectivity index (χ1n) is 6.83. The standard InChI is InChI=1S/C13H28N2O/c1-15(10-6-3-2-5-9-14)12-13-8-4-7-11-16-13/h13H,2-12,14H2,1H3. The van der Waals surface area contributed by atoms with Crippen LogP contribution in [0.5, 0.6) is 0 Å². The van der Waals surface area contributed by atoms with Crippen molar-refractivity contribution in [3.8, 4) is 0 Å². The molecule has 0 aromatic carbocycles. The zero-order valence-electron chi connectivity index (χ0n) is 10.8. The van der Waals surface area contributed by atoms with Crippen molar-refractivity contribution in [3.05, 3.63) is 0 Å². The van der Waals surface area contributed by atoms with Gasteiger partial charge in [0.1, 0.15) is 0 Å². The van der Waals surface area contributed by atoms with Crippen molar-refractivity contribution in [3.63, 3.8) is 0 Å². The largest absolute Gasteiger partial charge is 0.377 e. The second-order valence-electron chi connectivity index (χ2n) is 4.95. The molecule has 0 saturated carbocycles. The van der Waals surface area contributed by atoms with E-state index >= 15 is 0 Å². The second kappa shape index (κ2) is 8.97. The molecule has 0 aromatic heterocycles. The van der Waals surface area contributed by atoms with Crippen molar-refractivity contribution >= 4 is 0 Å². The first kappa shape index (κ1) is 13.9. The lowest BCUT2D eigenvalue weighted by Crippen LogP contribution is -2.33. The lowest BCUT2D eigenvalue weighted by Gasteiger charge is -2.27. The van der Waals surface area contributed by atoms with Gasteiger partial charge in [-0.25, -0.2) is 0 Å². The fourth-order valence-electron chi connectivity index (χ4n) is 2.27. The predicted molar refractivity (Wildman–Crippen MR) is 68.6 cm³/mol. The van der Waals surface area contributed by atoms with Gasteiger partial charge in [-0.1, -0.05) is 12.8 Å². The molecular formula is C13H28N2O. The monoisotopic (exact) mass is 228 g/mol. The Morgan fingerprint density at radius 2 is 2.00 bits per heavy atom. The quantitative estimate of drug-likeness (QED) is 0.646. The van der Waals surface area contributed by atoms with Crippen LogP contribution in [-0.4, -0.2) is 44.3 Å². The zero-order chi connectivity index (χ0) is 11.6. The highest BCUT2D eigenvalue weighted by molar-refractivity contribution is 4.67. The van der Waals surface area contributed by atoms with Gasteiger partial charge in [-0.15, -0.1) is 0 Å². The molecule has 1 fully saturated rings. The number of likely N-dealkylation sites (N-methyl/N-ethyl adjacent to an activating group) is 1. The molecule has 16 heavy (non-hydrogen) atoms. The first-order valence-corrected chi connectivity index (χ1v) is 6.83. The Morgan fingerprint density at radius 1 is 1.19 bits per heavy atom. The predicted octanol–water partition coefficient (Wildman–Crippen LogP) is 2.01. The Labute approximate surface area is 100 Å². The molecule has 0 spiro atoms. The van der Waals surface area contributed by atoms with Crippen LogP contribution in [0.1, 0.15) is 44.9 Å². The van der Waals surface area contributed by atoms with Gasteiger partial charge in [0.25, 0.3) is 0 Å². The normalized spacial score (nSPS) is 21.6.